The number of nitrogens with one attached hydrogen (secondary N) is 2. The highest BCUT2D eigenvalue weighted by Gasteiger charge is 2.38. The summed E-state index contributed by atoms with van der Waals surface area (Å²) in [7, 11) is 0. The quantitative estimate of drug-likeness (QED) is 0.705. The summed E-state index contributed by atoms with van der Waals surface area (Å²) in [6.07, 6.45) is 3.01. The van der Waals surface area contributed by atoms with E-state index in [1.165, 1.54) is 12.1 Å². The first-order valence-corrected chi connectivity index (χ1v) is 8.40. The molecule has 0 saturated heterocycles. The summed E-state index contributed by atoms with van der Waals surface area (Å²) in [4.78, 5) is 23.7. The summed E-state index contributed by atoms with van der Waals surface area (Å²) in [6.45, 7) is 4.11. The summed E-state index contributed by atoms with van der Waals surface area (Å²) in [6, 6.07) is 5.85. The Morgan fingerprint density at radius 3 is 2.33 bits per heavy atom. The molecule has 24 heavy (non-hydrogen) atoms. The minimum absolute atomic E-state index is 0.0183. The molecule has 5 nitrogen and oxygen atoms in total. The molecule has 0 radical (unpaired) electrons. The highest BCUT2D eigenvalue weighted by atomic mass is 19.1. The lowest BCUT2D eigenvalue weighted by Crippen LogP contribution is -2.50. The molecule has 1 aliphatic rings. The maximum Gasteiger partial charge on any atom is 0.239 e. The van der Waals surface area contributed by atoms with Gasteiger partial charge in [-0.3, -0.25) is 9.59 Å². The molecule has 1 saturated carbocycles. The van der Waals surface area contributed by atoms with Crippen molar-refractivity contribution in [2.75, 3.05) is 13.1 Å². The summed E-state index contributed by atoms with van der Waals surface area (Å²) >= 11 is 0. The van der Waals surface area contributed by atoms with Crippen molar-refractivity contribution in [2.45, 2.75) is 44.6 Å². The van der Waals surface area contributed by atoms with Gasteiger partial charge in [0, 0.05) is 12.0 Å². The van der Waals surface area contributed by atoms with Gasteiger partial charge in [-0.25, -0.2) is 4.39 Å². The topological polar surface area (TPSA) is 84.2 Å². The number of amides is 2. The first kappa shape index (κ1) is 18.4. The highest BCUT2D eigenvalue weighted by Crippen LogP contribution is 2.43. The number of hydrogen-bond acceptors (Lipinski definition) is 3. The summed E-state index contributed by atoms with van der Waals surface area (Å²) in [5, 5.41) is 5.43. The van der Waals surface area contributed by atoms with Gasteiger partial charge >= 0.3 is 0 Å². The van der Waals surface area contributed by atoms with Gasteiger partial charge in [0.15, 0.2) is 0 Å². The van der Waals surface area contributed by atoms with Crippen LogP contribution in [0.2, 0.25) is 0 Å². The number of rotatable bonds is 7. The lowest BCUT2D eigenvalue weighted by molar-refractivity contribution is -0.127. The van der Waals surface area contributed by atoms with Crippen LogP contribution in [-0.2, 0) is 15.0 Å². The Kier molecular flexibility index (Phi) is 5.94. The number of benzene rings is 1. The Morgan fingerprint density at radius 2 is 1.83 bits per heavy atom. The molecule has 6 heteroatoms. The molecule has 1 atom stereocenters. The van der Waals surface area contributed by atoms with Crippen molar-refractivity contribution in [3.8, 4) is 0 Å². The van der Waals surface area contributed by atoms with Crippen LogP contribution in [0.15, 0.2) is 24.3 Å². The third kappa shape index (κ3) is 4.32. The van der Waals surface area contributed by atoms with Crippen LogP contribution in [0.4, 0.5) is 4.39 Å². The van der Waals surface area contributed by atoms with E-state index in [9.17, 15) is 14.0 Å². The highest BCUT2D eigenvalue weighted by molar-refractivity contribution is 5.87. The molecule has 1 aromatic carbocycles. The van der Waals surface area contributed by atoms with Crippen LogP contribution in [0.25, 0.3) is 0 Å². The van der Waals surface area contributed by atoms with Crippen molar-refractivity contribution in [1.82, 2.24) is 10.6 Å². The van der Waals surface area contributed by atoms with E-state index in [-0.39, 0.29) is 35.5 Å². The second-order valence-electron chi connectivity index (χ2n) is 6.91. The SMILES string of the molecule is CC(C)[C@H](N)C(=O)NCC(=O)NCC1(c2ccc(F)cc2)CCC1. The van der Waals surface area contributed by atoms with Gasteiger partial charge in [-0.05, 0) is 36.5 Å². The van der Waals surface area contributed by atoms with E-state index in [4.69, 9.17) is 5.73 Å². The second kappa shape index (κ2) is 7.75. The van der Waals surface area contributed by atoms with Crippen molar-refractivity contribution in [2.24, 2.45) is 11.7 Å². The number of hydrogen-bond donors (Lipinski definition) is 3. The van der Waals surface area contributed by atoms with Crippen molar-refractivity contribution in [1.29, 1.82) is 0 Å². The Bertz CT molecular complexity index is 582. The predicted octanol–water partition coefficient (Wildman–Crippen LogP) is 1.46. The van der Waals surface area contributed by atoms with E-state index in [2.05, 4.69) is 10.6 Å². The molecule has 1 aliphatic carbocycles. The molecule has 1 aromatic rings. The Labute approximate surface area is 142 Å². The van der Waals surface area contributed by atoms with Gasteiger partial charge in [-0.15, -0.1) is 0 Å². The lowest BCUT2D eigenvalue weighted by Gasteiger charge is -2.42. The van der Waals surface area contributed by atoms with Crippen LogP contribution < -0.4 is 16.4 Å². The zero-order valence-electron chi connectivity index (χ0n) is 14.3. The molecule has 0 unspecified atom stereocenters. The number of nitrogens with two attached hydrogens (primary N) is 1. The third-order valence-electron chi connectivity index (χ3n) is 4.84. The Balaban J connectivity index is 1.84. The molecule has 2 rings (SSSR count). The van der Waals surface area contributed by atoms with Crippen LogP contribution in [-0.4, -0.2) is 30.9 Å². The Hall–Kier alpha value is -1.95. The fourth-order valence-corrected chi connectivity index (χ4v) is 2.89. The number of carbonyl (C=O) groups is 2. The van der Waals surface area contributed by atoms with Crippen LogP contribution in [0.1, 0.15) is 38.7 Å². The van der Waals surface area contributed by atoms with Crippen LogP contribution in [0.3, 0.4) is 0 Å². The molecular weight excluding hydrogens is 309 g/mol. The van der Waals surface area contributed by atoms with Gasteiger partial charge in [0.2, 0.25) is 11.8 Å². The summed E-state index contributed by atoms with van der Waals surface area (Å²) < 4.78 is 13.1. The zero-order chi connectivity index (χ0) is 17.7. The minimum atomic E-state index is -0.616. The molecule has 0 bridgehead atoms. The monoisotopic (exact) mass is 335 g/mol. The molecule has 2 amide bonds. The van der Waals surface area contributed by atoms with Gasteiger partial charge in [0.1, 0.15) is 5.82 Å². The van der Waals surface area contributed by atoms with E-state index in [0.29, 0.717) is 6.54 Å². The van der Waals surface area contributed by atoms with E-state index in [1.807, 2.05) is 13.8 Å². The standard InChI is InChI=1S/C18H26FN3O2/c1-12(2)16(20)17(24)21-10-15(23)22-11-18(8-3-9-18)13-4-6-14(19)7-5-13/h4-7,12,16H,3,8-11,20H2,1-2H3,(H,21,24)(H,22,23)/t16-/m0/s1. The average molecular weight is 335 g/mol. The van der Waals surface area contributed by atoms with E-state index >= 15 is 0 Å². The molecule has 0 aromatic heterocycles. The van der Waals surface area contributed by atoms with E-state index < -0.39 is 6.04 Å². The van der Waals surface area contributed by atoms with Crippen LogP contribution in [0.5, 0.6) is 0 Å². The van der Waals surface area contributed by atoms with Crippen molar-refractivity contribution >= 4 is 11.8 Å². The molecule has 0 heterocycles. The maximum atomic E-state index is 13.1. The smallest absolute Gasteiger partial charge is 0.239 e. The summed E-state index contributed by atoms with van der Waals surface area (Å²) in [5.74, 6) is -0.809. The predicted molar refractivity (Wildman–Crippen MR) is 90.8 cm³/mol. The van der Waals surface area contributed by atoms with Gasteiger partial charge in [-0.1, -0.05) is 32.4 Å². The molecule has 0 spiro atoms. The van der Waals surface area contributed by atoms with Gasteiger partial charge in [-0.2, -0.15) is 0 Å². The lowest BCUT2D eigenvalue weighted by atomic mass is 9.64. The molecule has 4 N–H and O–H groups in total. The molecular formula is C18H26FN3O2. The fourth-order valence-electron chi connectivity index (χ4n) is 2.89. The van der Waals surface area contributed by atoms with Gasteiger partial charge in [0.05, 0.1) is 12.6 Å². The first-order chi connectivity index (χ1) is 11.3. The second-order valence-corrected chi connectivity index (χ2v) is 6.91. The first-order valence-electron chi connectivity index (χ1n) is 8.40. The fraction of sp³-hybridized carbons (Fsp3) is 0.556. The van der Waals surface area contributed by atoms with Crippen molar-refractivity contribution < 1.29 is 14.0 Å². The Morgan fingerprint density at radius 1 is 1.21 bits per heavy atom. The van der Waals surface area contributed by atoms with E-state index in [1.54, 1.807) is 12.1 Å². The maximum absolute atomic E-state index is 13.1. The van der Waals surface area contributed by atoms with Crippen LogP contribution in [0, 0.1) is 11.7 Å². The van der Waals surface area contributed by atoms with Gasteiger partial charge < -0.3 is 16.4 Å². The van der Waals surface area contributed by atoms with E-state index in [0.717, 1.165) is 24.8 Å². The molecule has 132 valence electrons. The zero-order valence-corrected chi connectivity index (χ0v) is 14.3. The molecule has 1 fully saturated rings. The summed E-state index contributed by atoms with van der Waals surface area (Å²) in [5.41, 5.74) is 6.65. The van der Waals surface area contributed by atoms with Crippen LogP contribution >= 0.6 is 0 Å². The van der Waals surface area contributed by atoms with Crippen molar-refractivity contribution in [3.63, 3.8) is 0 Å². The normalized spacial score (nSPS) is 17.0. The van der Waals surface area contributed by atoms with Gasteiger partial charge in [0.25, 0.3) is 0 Å². The largest absolute Gasteiger partial charge is 0.354 e. The number of carbonyl (C=O) groups excluding carboxylic acids is 2. The molecule has 0 aliphatic heterocycles. The average Bonchev–Trinajstić information content (AvgIpc) is 2.52. The van der Waals surface area contributed by atoms with Crippen molar-refractivity contribution in [3.05, 3.63) is 35.6 Å². The number of halogens is 1. The minimum Gasteiger partial charge on any atom is -0.354 e. The third-order valence-corrected chi connectivity index (χ3v) is 4.84.